The molecule has 0 bridgehead atoms. The molecule has 0 spiro atoms. The molecule has 4 atom stereocenters. The van der Waals surface area contributed by atoms with Gasteiger partial charge in [-0.25, -0.2) is 13.2 Å². The minimum Gasteiger partial charge on any atom is -0.460 e. The molecule has 17 heteroatoms. The van der Waals surface area contributed by atoms with Crippen LogP contribution in [-0.2, 0) is 61.0 Å². The molecule has 3 rings (SSSR count). The summed E-state index contributed by atoms with van der Waals surface area (Å²) in [7, 11) is -3.66. The second-order valence-corrected chi connectivity index (χ2v) is 18.7. The second-order valence-electron chi connectivity index (χ2n) is 16.8. The van der Waals surface area contributed by atoms with Gasteiger partial charge in [0.1, 0.15) is 35.9 Å². The van der Waals surface area contributed by atoms with Gasteiger partial charge in [0, 0.05) is 41.6 Å². The van der Waals surface area contributed by atoms with Gasteiger partial charge >= 0.3 is 18.0 Å². The van der Waals surface area contributed by atoms with Crippen molar-refractivity contribution in [1.29, 1.82) is 0 Å². The van der Waals surface area contributed by atoms with Crippen LogP contribution in [0.1, 0.15) is 85.8 Å². The summed E-state index contributed by atoms with van der Waals surface area (Å²) in [5, 5.41) is 12.2. The molecule has 0 fully saturated rings. The van der Waals surface area contributed by atoms with Crippen LogP contribution in [-0.4, -0.2) is 90.8 Å². The smallest absolute Gasteiger partial charge is 0.408 e. The molecule has 3 aromatic rings. The molecule has 16 nitrogen and oxygen atoms in total. The van der Waals surface area contributed by atoms with E-state index in [-0.39, 0.29) is 25.9 Å². The molecule has 0 unspecified atom stereocenters. The second kappa shape index (κ2) is 21.5. The summed E-state index contributed by atoms with van der Waals surface area (Å²) in [6.07, 6.45) is 1.92. The Kier molecular flexibility index (Phi) is 17.4. The molecule has 0 aliphatic carbocycles. The highest BCUT2D eigenvalue weighted by Gasteiger charge is 2.33. The van der Waals surface area contributed by atoms with Crippen LogP contribution in [0.2, 0.25) is 0 Å². The first-order valence-corrected chi connectivity index (χ1v) is 21.6. The fourth-order valence-electron chi connectivity index (χ4n) is 5.86. The maximum Gasteiger partial charge on any atom is 0.408 e. The van der Waals surface area contributed by atoms with E-state index in [1.54, 1.807) is 85.9 Å². The van der Waals surface area contributed by atoms with Gasteiger partial charge in [0.25, 0.3) is 0 Å². The van der Waals surface area contributed by atoms with Crippen molar-refractivity contribution in [2.75, 3.05) is 6.26 Å². The summed E-state index contributed by atoms with van der Waals surface area (Å²) < 4.78 is 40.1. The zero-order valence-electron chi connectivity index (χ0n) is 35.7. The van der Waals surface area contributed by atoms with Gasteiger partial charge in [0.05, 0.1) is 12.5 Å². The van der Waals surface area contributed by atoms with Crippen LogP contribution in [0.3, 0.4) is 0 Å². The van der Waals surface area contributed by atoms with Gasteiger partial charge in [-0.1, -0.05) is 68.5 Å². The van der Waals surface area contributed by atoms with Crippen LogP contribution in [0.25, 0.3) is 10.9 Å². The van der Waals surface area contributed by atoms with Gasteiger partial charge in [-0.2, -0.15) is 0 Å². The molecule has 60 heavy (non-hydrogen) atoms. The molecule has 0 aliphatic rings. The summed E-state index contributed by atoms with van der Waals surface area (Å²) in [6, 6.07) is 11.2. The van der Waals surface area contributed by atoms with E-state index >= 15 is 0 Å². The Hall–Kier alpha value is -5.71. The predicted molar refractivity (Wildman–Crippen MR) is 226 cm³/mol. The minimum absolute atomic E-state index is 0.0201. The number of aromatic nitrogens is 1. The molecule has 5 N–H and O–H groups in total. The summed E-state index contributed by atoms with van der Waals surface area (Å²) in [6.45, 7) is 13.2. The lowest BCUT2D eigenvalue weighted by atomic mass is 10.0. The lowest BCUT2D eigenvalue weighted by Gasteiger charge is -2.28. The van der Waals surface area contributed by atoms with E-state index in [2.05, 4.69) is 26.3 Å². The van der Waals surface area contributed by atoms with E-state index < -0.39 is 93.3 Å². The number of fused-ring (bicyclic) bond motifs is 1. The van der Waals surface area contributed by atoms with E-state index in [0.29, 0.717) is 5.56 Å². The predicted octanol–water partition coefficient (Wildman–Crippen LogP) is 4.53. The van der Waals surface area contributed by atoms with Crippen molar-refractivity contribution in [2.45, 2.75) is 123 Å². The van der Waals surface area contributed by atoms with Crippen LogP contribution in [0, 0.1) is 5.92 Å². The van der Waals surface area contributed by atoms with Crippen molar-refractivity contribution in [3.8, 4) is 0 Å². The van der Waals surface area contributed by atoms with E-state index in [0.717, 1.165) is 34.2 Å². The van der Waals surface area contributed by atoms with E-state index in [4.69, 9.17) is 14.2 Å². The van der Waals surface area contributed by atoms with Gasteiger partial charge in [-0.15, -0.1) is 0 Å². The number of H-pyrrole nitrogens is 1. The van der Waals surface area contributed by atoms with E-state index in [9.17, 15) is 37.2 Å². The average Bonchev–Trinajstić information content (AvgIpc) is 3.54. The first-order valence-electron chi connectivity index (χ1n) is 19.6. The van der Waals surface area contributed by atoms with Crippen molar-refractivity contribution in [1.82, 2.24) is 26.3 Å². The number of hydrogen-bond donors (Lipinski definition) is 5. The molecule has 4 amide bonds. The fraction of sp³-hybridized carbons (Fsp3) is 0.488. The molecule has 0 saturated carbocycles. The largest absolute Gasteiger partial charge is 0.460 e. The first kappa shape index (κ1) is 48.7. The monoisotopic (exact) mass is 853 g/mol. The summed E-state index contributed by atoms with van der Waals surface area (Å²) >= 11 is 0. The highest BCUT2D eigenvalue weighted by molar-refractivity contribution is 7.93. The normalized spacial score (nSPS) is 14.1. The molecule has 2 aromatic carbocycles. The van der Waals surface area contributed by atoms with Crippen molar-refractivity contribution < 1.29 is 51.4 Å². The Morgan fingerprint density at radius 2 is 1.35 bits per heavy atom. The number of ether oxygens (including phenoxy) is 3. The number of aromatic amines is 1. The number of sulfone groups is 1. The quantitative estimate of drug-likeness (QED) is 0.0832. The summed E-state index contributed by atoms with van der Waals surface area (Å²) in [5.74, 6) is -4.30. The van der Waals surface area contributed by atoms with Crippen LogP contribution < -0.4 is 21.3 Å². The standard InChI is InChI=1S/C43H59N5O11S/c1-27(2)37(40(53)45-30(21-22-60(9,55)56)24-36(50)59-43(6,7)8)48-38(51)33(19-20-35(49)58-42(3,4)5)46-39(52)34(23-29-25-44-32-18-14-13-17-31(29)32)47-41(54)57-26-28-15-11-10-12-16-28/h10-18,21-22,25,27,30,33-34,37,44H,19-20,23-24,26H2,1-9H3,(H,45,53)(H,46,52)(H,47,54)(H,48,51)/b22-21+/t30-,33+,34+,37+/m1/s1. The van der Waals surface area contributed by atoms with Crippen molar-refractivity contribution in [3.63, 3.8) is 0 Å². The lowest BCUT2D eigenvalue weighted by molar-refractivity contribution is -0.156. The average molecular weight is 854 g/mol. The Morgan fingerprint density at radius 1 is 0.750 bits per heavy atom. The zero-order chi connectivity index (χ0) is 44.8. The minimum atomic E-state index is -3.66. The van der Waals surface area contributed by atoms with Gasteiger partial charge in [0.15, 0.2) is 9.84 Å². The number of carbonyl (C=O) groups excluding carboxylic acids is 6. The Labute approximate surface area is 351 Å². The first-order chi connectivity index (χ1) is 27.9. The van der Waals surface area contributed by atoms with Gasteiger partial charge in [-0.05, 0) is 71.1 Å². The van der Waals surface area contributed by atoms with Crippen molar-refractivity contribution in [2.24, 2.45) is 5.92 Å². The van der Waals surface area contributed by atoms with Crippen LogP contribution >= 0.6 is 0 Å². The third-order valence-corrected chi connectivity index (χ3v) is 9.20. The molecule has 0 radical (unpaired) electrons. The molecule has 1 aromatic heterocycles. The van der Waals surface area contributed by atoms with Crippen molar-refractivity contribution in [3.05, 3.63) is 83.4 Å². The fourth-order valence-corrected chi connectivity index (χ4v) is 6.34. The maximum atomic E-state index is 14.2. The summed E-state index contributed by atoms with van der Waals surface area (Å²) in [5.41, 5.74) is 0.508. The number of para-hydroxylation sites is 1. The number of amides is 4. The molecule has 0 saturated heterocycles. The number of carbonyl (C=O) groups is 6. The lowest BCUT2D eigenvalue weighted by Crippen LogP contribution is -2.58. The highest BCUT2D eigenvalue weighted by atomic mass is 32.2. The van der Waals surface area contributed by atoms with Gasteiger partial charge < -0.3 is 40.5 Å². The Morgan fingerprint density at radius 3 is 1.97 bits per heavy atom. The van der Waals surface area contributed by atoms with Gasteiger partial charge in [-0.3, -0.25) is 24.0 Å². The van der Waals surface area contributed by atoms with E-state index in [1.807, 2.05) is 30.3 Å². The number of hydrogen-bond acceptors (Lipinski definition) is 11. The SMILES string of the molecule is CC(C)[C@H](NC(=O)[C@H](CCC(=O)OC(C)(C)C)NC(=O)[C@H](Cc1c[nH]c2ccccc12)NC(=O)OCc1ccccc1)C(=O)N[C@H](/C=C/S(C)(=O)=O)CC(=O)OC(C)(C)C. The molecular weight excluding hydrogens is 795 g/mol. The number of alkyl carbamates (subject to hydrolysis) is 1. The topological polar surface area (TPSA) is 228 Å². The zero-order valence-corrected chi connectivity index (χ0v) is 36.6. The van der Waals surface area contributed by atoms with Crippen LogP contribution in [0.4, 0.5) is 4.79 Å². The Bertz CT molecular complexity index is 2100. The molecular formula is C43H59N5O11S. The molecule has 1 heterocycles. The maximum absolute atomic E-state index is 14.2. The van der Waals surface area contributed by atoms with Crippen LogP contribution in [0.5, 0.6) is 0 Å². The Balaban J connectivity index is 1.91. The van der Waals surface area contributed by atoms with Crippen LogP contribution in [0.15, 0.2) is 72.3 Å². The molecule has 0 aliphatic heterocycles. The third-order valence-electron chi connectivity index (χ3n) is 8.55. The van der Waals surface area contributed by atoms with Gasteiger partial charge in [0.2, 0.25) is 17.7 Å². The number of benzene rings is 2. The number of esters is 2. The highest BCUT2D eigenvalue weighted by Crippen LogP contribution is 2.20. The number of rotatable bonds is 19. The van der Waals surface area contributed by atoms with Crippen molar-refractivity contribution >= 4 is 56.5 Å². The summed E-state index contributed by atoms with van der Waals surface area (Å²) in [4.78, 5) is 83.9. The third kappa shape index (κ3) is 17.6. The van der Waals surface area contributed by atoms with E-state index in [1.165, 1.54) is 0 Å². The number of nitrogens with one attached hydrogen (secondary N) is 5. The molecule has 328 valence electrons.